The fraction of sp³-hybridized carbons (Fsp3) is 0.238. The number of carbonyl (C=O) groups is 2. The van der Waals surface area contributed by atoms with E-state index in [0.717, 1.165) is 17.1 Å². The lowest BCUT2D eigenvalue weighted by Crippen LogP contribution is -2.28. The third-order valence-electron chi connectivity index (χ3n) is 4.09. The van der Waals surface area contributed by atoms with Crippen LogP contribution in [0.4, 0.5) is 5.00 Å². The molecule has 0 saturated carbocycles. The highest BCUT2D eigenvalue weighted by Crippen LogP contribution is 2.36. The zero-order chi connectivity index (χ0) is 20.6. The van der Waals surface area contributed by atoms with Crippen molar-refractivity contribution in [1.29, 1.82) is 0 Å². The highest BCUT2D eigenvalue weighted by Gasteiger charge is 2.22. The third-order valence-corrected chi connectivity index (χ3v) is 4.98. The topological polar surface area (TPSA) is 89.8 Å². The van der Waals surface area contributed by atoms with Crippen molar-refractivity contribution in [1.82, 2.24) is 5.32 Å². The molecule has 1 aromatic carbocycles. The van der Waals surface area contributed by atoms with Crippen LogP contribution in [0.2, 0.25) is 0 Å². The molecule has 0 bridgehead atoms. The molecule has 0 fully saturated rings. The maximum atomic E-state index is 12.6. The summed E-state index contributed by atoms with van der Waals surface area (Å²) in [6.07, 6.45) is 1.58. The highest BCUT2D eigenvalue weighted by molar-refractivity contribution is 7.15. The van der Waals surface area contributed by atoms with Crippen LogP contribution in [-0.2, 0) is 16.1 Å². The van der Waals surface area contributed by atoms with Gasteiger partial charge in [-0.1, -0.05) is 12.1 Å². The summed E-state index contributed by atoms with van der Waals surface area (Å²) in [6, 6.07) is 11.0. The van der Waals surface area contributed by atoms with Crippen molar-refractivity contribution in [3.63, 3.8) is 0 Å². The minimum absolute atomic E-state index is 0. The monoisotopic (exact) mass is 450 g/mol. The smallest absolute Gasteiger partial charge is 0.341 e. The lowest BCUT2D eigenvalue weighted by atomic mass is 10.0. The van der Waals surface area contributed by atoms with Crippen LogP contribution in [0.5, 0.6) is 5.75 Å². The van der Waals surface area contributed by atoms with E-state index in [4.69, 9.17) is 13.9 Å². The fourth-order valence-corrected chi connectivity index (χ4v) is 3.70. The maximum Gasteiger partial charge on any atom is 0.341 e. The van der Waals surface area contributed by atoms with Gasteiger partial charge >= 0.3 is 5.97 Å². The molecule has 3 rings (SSSR count). The number of furan rings is 1. The lowest BCUT2D eigenvalue weighted by Gasteiger charge is -2.09. The van der Waals surface area contributed by atoms with Gasteiger partial charge in [-0.3, -0.25) is 4.79 Å². The maximum absolute atomic E-state index is 12.6. The van der Waals surface area contributed by atoms with Crippen LogP contribution in [0.1, 0.15) is 23.0 Å². The SMILES string of the molecule is CCOC(=O)c1c(-c2ccc(OC)cc2)csc1NC(=O)CNCc1ccco1.Cl. The first-order valence-electron chi connectivity index (χ1n) is 9.08. The molecule has 160 valence electrons. The van der Waals surface area contributed by atoms with E-state index in [-0.39, 0.29) is 31.5 Å². The molecule has 7 nitrogen and oxygen atoms in total. The van der Waals surface area contributed by atoms with E-state index in [1.807, 2.05) is 35.7 Å². The van der Waals surface area contributed by atoms with Gasteiger partial charge in [-0.15, -0.1) is 23.7 Å². The first-order chi connectivity index (χ1) is 14.1. The van der Waals surface area contributed by atoms with Crippen molar-refractivity contribution in [2.45, 2.75) is 13.5 Å². The predicted molar refractivity (Wildman–Crippen MR) is 119 cm³/mol. The number of hydrogen-bond donors (Lipinski definition) is 2. The summed E-state index contributed by atoms with van der Waals surface area (Å²) in [5.41, 5.74) is 1.89. The van der Waals surface area contributed by atoms with Gasteiger partial charge in [0.1, 0.15) is 22.1 Å². The van der Waals surface area contributed by atoms with Crippen LogP contribution in [0.15, 0.2) is 52.5 Å². The van der Waals surface area contributed by atoms with Crippen molar-refractivity contribution in [2.24, 2.45) is 0 Å². The Hall–Kier alpha value is -2.81. The van der Waals surface area contributed by atoms with Crippen molar-refractivity contribution in [2.75, 3.05) is 25.6 Å². The molecular formula is C21H23ClN2O5S. The van der Waals surface area contributed by atoms with Crippen LogP contribution in [0.25, 0.3) is 11.1 Å². The minimum Gasteiger partial charge on any atom is -0.497 e. The van der Waals surface area contributed by atoms with Crippen molar-refractivity contribution in [3.8, 4) is 16.9 Å². The summed E-state index contributed by atoms with van der Waals surface area (Å²) in [4.78, 5) is 24.9. The van der Waals surface area contributed by atoms with E-state index in [2.05, 4.69) is 10.6 Å². The van der Waals surface area contributed by atoms with E-state index in [0.29, 0.717) is 22.7 Å². The van der Waals surface area contributed by atoms with Crippen LogP contribution in [0, 0.1) is 0 Å². The Balaban J connectivity index is 0.00000320. The Morgan fingerprint density at radius 2 is 1.93 bits per heavy atom. The average Bonchev–Trinajstić information content (AvgIpc) is 3.38. The molecular weight excluding hydrogens is 428 g/mol. The predicted octanol–water partition coefficient (Wildman–Crippen LogP) is 4.34. The van der Waals surface area contributed by atoms with Gasteiger partial charge in [0.15, 0.2) is 0 Å². The number of benzene rings is 1. The zero-order valence-corrected chi connectivity index (χ0v) is 18.2. The van der Waals surface area contributed by atoms with Crippen LogP contribution >= 0.6 is 23.7 Å². The van der Waals surface area contributed by atoms with Crippen LogP contribution in [-0.4, -0.2) is 32.1 Å². The van der Waals surface area contributed by atoms with Gasteiger partial charge in [-0.2, -0.15) is 0 Å². The molecule has 2 aromatic heterocycles. The van der Waals surface area contributed by atoms with Gasteiger partial charge in [0.05, 0.1) is 33.1 Å². The Labute approximate surface area is 184 Å². The summed E-state index contributed by atoms with van der Waals surface area (Å²) < 4.78 is 15.6. The van der Waals surface area contributed by atoms with Gasteiger partial charge in [-0.25, -0.2) is 4.79 Å². The number of ether oxygens (including phenoxy) is 2. The number of amides is 1. The van der Waals surface area contributed by atoms with Gasteiger partial charge in [0.2, 0.25) is 5.91 Å². The number of thiophene rings is 1. The summed E-state index contributed by atoms with van der Waals surface area (Å²) in [7, 11) is 1.59. The molecule has 1 amide bonds. The van der Waals surface area contributed by atoms with Crippen molar-refractivity contribution >= 4 is 40.6 Å². The molecule has 0 atom stereocenters. The summed E-state index contributed by atoms with van der Waals surface area (Å²) in [5, 5.41) is 8.10. The van der Waals surface area contributed by atoms with Crippen LogP contribution < -0.4 is 15.4 Å². The first-order valence-corrected chi connectivity index (χ1v) is 9.96. The molecule has 0 spiro atoms. The second-order valence-corrected chi connectivity index (χ2v) is 6.91. The summed E-state index contributed by atoms with van der Waals surface area (Å²) in [6.45, 7) is 2.51. The molecule has 9 heteroatoms. The minimum atomic E-state index is -0.474. The number of methoxy groups -OCH3 is 1. The number of rotatable bonds is 9. The molecule has 0 aliphatic carbocycles. The molecule has 3 aromatic rings. The number of anilines is 1. The van der Waals surface area contributed by atoms with E-state index < -0.39 is 5.97 Å². The van der Waals surface area contributed by atoms with Crippen molar-refractivity contribution in [3.05, 3.63) is 59.4 Å². The van der Waals surface area contributed by atoms with E-state index >= 15 is 0 Å². The largest absolute Gasteiger partial charge is 0.497 e. The highest BCUT2D eigenvalue weighted by atomic mass is 35.5. The first kappa shape index (κ1) is 23.5. The fourth-order valence-electron chi connectivity index (χ4n) is 2.72. The quantitative estimate of drug-likeness (QED) is 0.471. The Kier molecular flexibility index (Phi) is 8.91. The Morgan fingerprint density at radius 1 is 1.17 bits per heavy atom. The Morgan fingerprint density at radius 3 is 2.57 bits per heavy atom. The molecule has 2 heterocycles. The molecule has 0 unspecified atom stereocenters. The number of hydrogen-bond acceptors (Lipinski definition) is 7. The standard InChI is InChI=1S/C21H22N2O5S.ClH/c1-3-27-21(25)19-17(14-6-8-15(26-2)9-7-14)13-29-20(19)23-18(24)12-22-11-16-5-4-10-28-16;/h4-10,13,22H,3,11-12H2,1-2H3,(H,23,24);1H. The second kappa shape index (κ2) is 11.4. The van der Waals surface area contributed by atoms with Gasteiger partial charge < -0.3 is 24.5 Å². The van der Waals surface area contributed by atoms with Gasteiger partial charge in [0, 0.05) is 10.9 Å². The number of nitrogens with one attached hydrogen (secondary N) is 2. The van der Waals surface area contributed by atoms with E-state index in [1.165, 1.54) is 11.3 Å². The second-order valence-electron chi connectivity index (χ2n) is 6.03. The molecule has 0 aliphatic heterocycles. The molecule has 30 heavy (non-hydrogen) atoms. The van der Waals surface area contributed by atoms with Gasteiger partial charge in [-0.05, 0) is 36.8 Å². The number of esters is 1. The average molecular weight is 451 g/mol. The van der Waals surface area contributed by atoms with Gasteiger partial charge in [0.25, 0.3) is 0 Å². The Bertz CT molecular complexity index is 954. The lowest BCUT2D eigenvalue weighted by molar-refractivity contribution is -0.115. The number of halogens is 1. The zero-order valence-electron chi connectivity index (χ0n) is 16.6. The van der Waals surface area contributed by atoms with Crippen molar-refractivity contribution < 1.29 is 23.5 Å². The van der Waals surface area contributed by atoms with E-state index in [9.17, 15) is 9.59 Å². The molecule has 0 radical (unpaired) electrons. The number of carbonyl (C=O) groups excluding carboxylic acids is 2. The van der Waals surface area contributed by atoms with E-state index in [1.54, 1.807) is 26.4 Å². The normalized spacial score (nSPS) is 10.2. The summed E-state index contributed by atoms with van der Waals surface area (Å²) in [5.74, 6) is 0.726. The molecule has 2 N–H and O–H groups in total. The molecule has 0 aliphatic rings. The summed E-state index contributed by atoms with van der Waals surface area (Å²) >= 11 is 1.28. The van der Waals surface area contributed by atoms with Crippen LogP contribution in [0.3, 0.4) is 0 Å². The third kappa shape index (κ3) is 5.85. The molecule has 0 saturated heterocycles.